The summed E-state index contributed by atoms with van der Waals surface area (Å²) in [5.74, 6) is 0.852. The second-order valence-electron chi connectivity index (χ2n) is 9.05. The van der Waals surface area contributed by atoms with Gasteiger partial charge in [-0.15, -0.1) is 0 Å². The molecule has 0 bridgehead atoms. The average molecular weight is 421 g/mol. The molecule has 6 nitrogen and oxygen atoms in total. The lowest BCUT2D eigenvalue weighted by Gasteiger charge is -2.35. The summed E-state index contributed by atoms with van der Waals surface area (Å²) < 4.78 is 27.8. The number of piperidine rings is 1. The van der Waals surface area contributed by atoms with Crippen molar-refractivity contribution in [3.63, 3.8) is 0 Å². The predicted octanol–water partition coefficient (Wildman–Crippen LogP) is 0.713. The van der Waals surface area contributed by atoms with Crippen molar-refractivity contribution in [2.24, 2.45) is 5.92 Å². The topological polar surface area (TPSA) is 62.1 Å². The molecule has 1 unspecified atom stereocenters. The number of hydrogen-bond donors (Lipinski definition) is 1. The molecule has 160 valence electrons. The molecule has 1 aliphatic carbocycles. The van der Waals surface area contributed by atoms with Crippen LogP contribution in [-0.4, -0.2) is 69.3 Å². The van der Waals surface area contributed by atoms with Crippen molar-refractivity contribution in [1.29, 1.82) is 0 Å². The van der Waals surface area contributed by atoms with Crippen LogP contribution in [0.4, 0.5) is 0 Å². The number of sulfonamides is 1. The highest BCUT2D eigenvalue weighted by atomic mass is 32.2. The molecule has 1 amide bonds. The van der Waals surface area contributed by atoms with Crippen LogP contribution in [0.25, 0.3) is 0 Å². The summed E-state index contributed by atoms with van der Waals surface area (Å²) in [6.45, 7) is 6.70. The fourth-order valence-corrected chi connectivity index (χ4v) is 6.55. The maximum absolute atomic E-state index is 13.1. The molecular weight excluding hydrogens is 386 g/mol. The molecular formula is C22H34N3O3S+. The van der Waals surface area contributed by atoms with Crippen molar-refractivity contribution < 1.29 is 18.1 Å². The van der Waals surface area contributed by atoms with Gasteiger partial charge in [-0.05, 0) is 61.8 Å². The van der Waals surface area contributed by atoms with Gasteiger partial charge in [0.1, 0.15) is 0 Å². The lowest BCUT2D eigenvalue weighted by molar-refractivity contribution is -0.900. The van der Waals surface area contributed by atoms with E-state index in [1.54, 1.807) is 10.4 Å². The van der Waals surface area contributed by atoms with E-state index >= 15 is 0 Å². The van der Waals surface area contributed by atoms with Crippen LogP contribution in [0, 0.1) is 5.92 Å². The van der Waals surface area contributed by atoms with Crippen LogP contribution in [0.2, 0.25) is 0 Å². The van der Waals surface area contributed by atoms with E-state index in [9.17, 15) is 13.2 Å². The van der Waals surface area contributed by atoms with Crippen LogP contribution in [0.3, 0.4) is 0 Å². The summed E-state index contributed by atoms with van der Waals surface area (Å²) in [7, 11) is -3.49. The van der Waals surface area contributed by atoms with E-state index in [2.05, 4.69) is 6.92 Å². The van der Waals surface area contributed by atoms with Crippen molar-refractivity contribution in [2.45, 2.75) is 50.3 Å². The first kappa shape index (κ1) is 20.8. The molecule has 4 rings (SSSR count). The van der Waals surface area contributed by atoms with Gasteiger partial charge in [0.05, 0.1) is 18.0 Å². The van der Waals surface area contributed by atoms with Crippen LogP contribution in [-0.2, 0) is 27.7 Å². The van der Waals surface area contributed by atoms with Crippen molar-refractivity contribution in [3.05, 3.63) is 29.3 Å². The Bertz CT molecular complexity index is 847. The second kappa shape index (κ2) is 8.74. The molecule has 1 aromatic carbocycles. The summed E-state index contributed by atoms with van der Waals surface area (Å²) in [6.07, 6.45) is 6.79. The van der Waals surface area contributed by atoms with Gasteiger partial charge in [0.2, 0.25) is 10.0 Å². The molecule has 0 saturated carbocycles. The highest BCUT2D eigenvalue weighted by molar-refractivity contribution is 7.89. The number of fused-ring (bicyclic) bond motifs is 1. The van der Waals surface area contributed by atoms with Crippen LogP contribution in [0.15, 0.2) is 23.1 Å². The number of amides is 1. The Morgan fingerprint density at radius 2 is 1.79 bits per heavy atom. The number of quaternary nitrogens is 1. The van der Waals surface area contributed by atoms with Crippen molar-refractivity contribution in [2.75, 3.05) is 45.8 Å². The first-order chi connectivity index (χ1) is 13.9. The molecule has 1 aromatic rings. The second-order valence-corrected chi connectivity index (χ2v) is 11.0. The fourth-order valence-electron chi connectivity index (χ4n) is 5.08. The maximum atomic E-state index is 13.1. The maximum Gasteiger partial charge on any atom is 0.277 e. The third-order valence-corrected chi connectivity index (χ3v) is 8.71. The van der Waals surface area contributed by atoms with Gasteiger partial charge in [0.25, 0.3) is 5.91 Å². The zero-order valence-corrected chi connectivity index (χ0v) is 18.3. The van der Waals surface area contributed by atoms with Crippen molar-refractivity contribution in [1.82, 2.24) is 9.21 Å². The Kier molecular flexibility index (Phi) is 6.27. The lowest BCUT2D eigenvalue weighted by Crippen LogP contribution is -3.14. The molecule has 2 atom stereocenters. The van der Waals surface area contributed by atoms with E-state index in [1.165, 1.54) is 35.3 Å². The standard InChI is InChI=1S/C22H33N3O3S/c1-18-5-4-10-23(16-18)17-22(26)24-11-13-25(14-12-24)29(27,28)21-9-8-19-6-2-3-7-20(19)15-21/h8-9,15,18H,2-7,10-14,16-17H2,1H3/p+1/t18-/m0/s1. The number of nitrogens with zero attached hydrogens (tertiary/aromatic N) is 2. The molecule has 0 spiro atoms. The number of benzene rings is 1. The van der Waals surface area contributed by atoms with E-state index in [0.717, 1.165) is 32.4 Å². The zero-order chi connectivity index (χ0) is 20.4. The summed E-state index contributed by atoms with van der Waals surface area (Å²) in [5.41, 5.74) is 2.48. The van der Waals surface area contributed by atoms with Gasteiger partial charge in [0, 0.05) is 32.1 Å². The van der Waals surface area contributed by atoms with Crippen LogP contribution < -0.4 is 4.90 Å². The Labute approximate surface area is 174 Å². The molecule has 0 aromatic heterocycles. The van der Waals surface area contributed by atoms with Crippen molar-refractivity contribution >= 4 is 15.9 Å². The van der Waals surface area contributed by atoms with Gasteiger partial charge in [-0.2, -0.15) is 4.31 Å². The normalized spacial score (nSPS) is 26.2. The molecule has 3 aliphatic rings. The van der Waals surface area contributed by atoms with Gasteiger partial charge in [0.15, 0.2) is 6.54 Å². The fraction of sp³-hybridized carbons (Fsp3) is 0.682. The Balaban J connectivity index is 1.35. The number of carbonyl (C=O) groups is 1. The number of carbonyl (C=O) groups excluding carboxylic acids is 1. The Morgan fingerprint density at radius 3 is 2.52 bits per heavy atom. The van der Waals surface area contributed by atoms with Gasteiger partial charge < -0.3 is 9.80 Å². The minimum atomic E-state index is -3.49. The number of nitrogens with one attached hydrogen (secondary N) is 1. The quantitative estimate of drug-likeness (QED) is 0.781. The largest absolute Gasteiger partial charge is 0.335 e. The monoisotopic (exact) mass is 420 g/mol. The molecule has 1 N–H and O–H groups in total. The summed E-state index contributed by atoms with van der Waals surface area (Å²) in [4.78, 5) is 16.3. The summed E-state index contributed by atoms with van der Waals surface area (Å²) in [5, 5.41) is 0. The van der Waals surface area contributed by atoms with E-state index in [1.807, 2.05) is 17.0 Å². The average Bonchev–Trinajstić information content (AvgIpc) is 2.73. The summed E-state index contributed by atoms with van der Waals surface area (Å²) in [6, 6.07) is 5.63. The number of aryl methyl sites for hydroxylation is 2. The lowest BCUT2D eigenvalue weighted by atomic mass is 9.92. The van der Waals surface area contributed by atoms with Gasteiger partial charge in [-0.1, -0.05) is 13.0 Å². The molecule has 2 fully saturated rings. The molecule has 2 saturated heterocycles. The molecule has 7 heteroatoms. The van der Waals surface area contributed by atoms with Crippen molar-refractivity contribution in [3.8, 4) is 0 Å². The van der Waals surface area contributed by atoms with E-state index in [4.69, 9.17) is 0 Å². The highest BCUT2D eigenvalue weighted by Crippen LogP contribution is 2.26. The Morgan fingerprint density at radius 1 is 1.07 bits per heavy atom. The SMILES string of the molecule is C[C@H]1CCC[NH+](CC(=O)N2CCN(S(=O)(=O)c3ccc4c(c3)CCCC4)CC2)C1. The number of hydrogen-bond acceptors (Lipinski definition) is 3. The third kappa shape index (κ3) is 4.67. The van der Waals surface area contributed by atoms with Crippen LogP contribution >= 0.6 is 0 Å². The number of rotatable bonds is 4. The van der Waals surface area contributed by atoms with Gasteiger partial charge in [-0.25, -0.2) is 8.42 Å². The number of likely N-dealkylation sites (tertiary alicyclic amines) is 1. The molecule has 29 heavy (non-hydrogen) atoms. The molecule has 0 radical (unpaired) electrons. The summed E-state index contributed by atoms with van der Waals surface area (Å²) >= 11 is 0. The smallest absolute Gasteiger partial charge is 0.277 e. The van der Waals surface area contributed by atoms with Gasteiger partial charge in [-0.3, -0.25) is 4.79 Å². The zero-order valence-electron chi connectivity index (χ0n) is 17.5. The van der Waals surface area contributed by atoms with E-state index in [-0.39, 0.29) is 5.91 Å². The Hall–Kier alpha value is -1.44. The van der Waals surface area contributed by atoms with Crippen LogP contribution in [0.5, 0.6) is 0 Å². The number of piperazine rings is 1. The van der Waals surface area contributed by atoms with E-state index in [0.29, 0.717) is 43.5 Å². The van der Waals surface area contributed by atoms with E-state index < -0.39 is 10.0 Å². The first-order valence-corrected chi connectivity index (χ1v) is 12.6. The third-order valence-electron chi connectivity index (χ3n) is 6.81. The minimum Gasteiger partial charge on any atom is -0.335 e. The highest BCUT2D eigenvalue weighted by Gasteiger charge is 2.32. The van der Waals surface area contributed by atoms with Crippen LogP contribution in [0.1, 0.15) is 43.7 Å². The minimum absolute atomic E-state index is 0.167. The molecule has 2 aliphatic heterocycles. The van der Waals surface area contributed by atoms with Gasteiger partial charge >= 0.3 is 0 Å². The first-order valence-electron chi connectivity index (χ1n) is 11.2. The predicted molar refractivity (Wildman–Crippen MR) is 112 cm³/mol. The molecule has 2 heterocycles.